The van der Waals surface area contributed by atoms with E-state index >= 15 is 0 Å². The second-order valence-corrected chi connectivity index (χ2v) is 7.16. The van der Waals surface area contributed by atoms with Crippen LogP contribution in [0.3, 0.4) is 0 Å². The molecule has 2 aromatic rings. The van der Waals surface area contributed by atoms with Crippen molar-refractivity contribution in [3.05, 3.63) is 35.7 Å². The first-order valence-electron chi connectivity index (χ1n) is 9.10. The number of carbonyl (C=O) groups excluding carboxylic acids is 1. The van der Waals surface area contributed by atoms with Gasteiger partial charge in [0, 0.05) is 17.5 Å². The van der Waals surface area contributed by atoms with Gasteiger partial charge in [0.05, 0.1) is 6.54 Å². The van der Waals surface area contributed by atoms with E-state index in [0.717, 1.165) is 49.9 Å². The molecule has 1 amide bonds. The molecular weight excluding hydrogens is 316 g/mol. The zero-order chi connectivity index (χ0) is 17.2. The van der Waals surface area contributed by atoms with E-state index in [1.54, 1.807) is 0 Å². The Bertz CT molecular complexity index is 745. The van der Waals surface area contributed by atoms with Gasteiger partial charge in [-0.1, -0.05) is 29.4 Å². The minimum absolute atomic E-state index is 0.155. The molecule has 0 spiro atoms. The molecule has 0 radical (unpaired) electrons. The van der Waals surface area contributed by atoms with Crippen LogP contribution in [0.25, 0.3) is 11.4 Å². The van der Waals surface area contributed by atoms with Crippen molar-refractivity contribution in [3.63, 3.8) is 0 Å². The fourth-order valence-corrected chi connectivity index (χ4v) is 3.34. The summed E-state index contributed by atoms with van der Waals surface area (Å²) in [6.45, 7) is 4.48. The number of hydrogen-bond acceptors (Lipinski definition) is 5. The maximum atomic E-state index is 12.1. The van der Waals surface area contributed by atoms with E-state index < -0.39 is 0 Å². The van der Waals surface area contributed by atoms with Gasteiger partial charge in [0.25, 0.3) is 0 Å². The second-order valence-electron chi connectivity index (χ2n) is 7.16. The molecule has 1 aromatic heterocycles. The summed E-state index contributed by atoms with van der Waals surface area (Å²) in [7, 11) is 0. The van der Waals surface area contributed by atoms with Crippen LogP contribution in [0.5, 0.6) is 0 Å². The predicted octanol–water partition coefficient (Wildman–Crippen LogP) is 2.54. The molecule has 1 aromatic carbocycles. The molecule has 1 aliphatic carbocycles. The highest BCUT2D eigenvalue weighted by atomic mass is 16.5. The number of likely N-dealkylation sites (tertiary alicyclic amines) is 1. The Hall–Kier alpha value is -2.21. The zero-order valence-corrected chi connectivity index (χ0v) is 14.6. The third kappa shape index (κ3) is 3.90. The van der Waals surface area contributed by atoms with E-state index in [1.807, 2.05) is 31.2 Å². The normalized spacial score (nSPS) is 19.1. The molecule has 2 aliphatic rings. The number of nitrogens with zero attached hydrogens (tertiary/aromatic N) is 3. The smallest absolute Gasteiger partial charge is 0.241 e. The highest BCUT2D eigenvalue weighted by Crippen LogP contribution is 2.24. The number of rotatable bonds is 5. The second kappa shape index (κ2) is 6.96. The fourth-order valence-electron chi connectivity index (χ4n) is 3.34. The SMILES string of the molecule is Cc1ccccc1-c1noc(CN2CCC(C(=O)NC3CC3)CC2)n1. The van der Waals surface area contributed by atoms with Crippen LogP contribution in [0, 0.1) is 12.8 Å². The largest absolute Gasteiger partial charge is 0.353 e. The van der Waals surface area contributed by atoms with E-state index in [0.29, 0.717) is 24.3 Å². The molecule has 0 atom stereocenters. The van der Waals surface area contributed by atoms with Gasteiger partial charge in [-0.15, -0.1) is 0 Å². The molecule has 0 bridgehead atoms. The quantitative estimate of drug-likeness (QED) is 0.906. The molecule has 0 unspecified atom stereocenters. The van der Waals surface area contributed by atoms with Crippen LogP contribution in [0.2, 0.25) is 0 Å². The summed E-state index contributed by atoms with van der Waals surface area (Å²) in [5.41, 5.74) is 2.14. The molecule has 2 fully saturated rings. The van der Waals surface area contributed by atoms with Gasteiger partial charge in [-0.3, -0.25) is 9.69 Å². The van der Waals surface area contributed by atoms with Gasteiger partial charge in [0.15, 0.2) is 0 Å². The molecular formula is C19H24N4O2. The number of benzene rings is 1. The first-order valence-corrected chi connectivity index (χ1v) is 9.10. The zero-order valence-electron chi connectivity index (χ0n) is 14.6. The molecule has 25 heavy (non-hydrogen) atoms. The van der Waals surface area contributed by atoms with E-state index in [1.165, 1.54) is 0 Å². The van der Waals surface area contributed by atoms with E-state index in [9.17, 15) is 4.79 Å². The minimum Gasteiger partial charge on any atom is -0.353 e. The third-order valence-electron chi connectivity index (χ3n) is 5.10. The number of amides is 1. The lowest BCUT2D eigenvalue weighted by atomic mass is 9.96. The van der Waals surface area contributed by atoms with Crippen molar-refractivity contribution in [3.8, 4) is 11.4 Å². The number of carbonyl (C=O) groups is 1. The highest BCUT2D eigenvalue weighted by molar-refractivity contribution is 5.79. The summed E-state index contributed by atoms with van der Waals surface area (Å²) in [4.78, 5) is 19.0. The van der Waals surface area contributed by atoms with Crippen LogP contribution >= 0.6 is 0 Å². The molecule has 2 heterocycles. The van der Waals surface area contributed by atoms with Crippen LogP contribution in [-0.2, 0) is 11.3 Å². The van der Waals surface area contributed by atoms with Gasteiger partial charge >= 0.3 is 0 Å². The molecule has 6 nitrogen and oxygen atoms in total. The first kappa shape index (κ1) is 16.3. The molecule has 6 heteroatoms. The Morgan fingerprint density at radius 2 is 2.00 bits per heavy atom. The molecule has 132 valence electrons. The van der Waals surface area contributed by atoms with Gasteiger partial charge in [-0.2, -0.15) is 4.98 Å². The number of hydrogen-bond donors (Lipinski definition) is 1. The van der Waals surface area contributed by atoms with E-state index in [-0.39, 0.29) is 11.8 Å². The average molecular weight is 340 g/mol. The average Bonchev–Trinajstić information content (AvgIpc) is 3.32. The Kier molecular flexibility index (Phi) is 4.53. The molecule has 1 N–H and O–H groups in total. The lowest BCUT2D eigenvalue weighted by molar-refractivity contribution is -0.126. The number of piperidine rings is 1. The summed E-state index contributed by atoms with van der Waals surface area (Å²) in [6.07, 6.45) is 4.09. The third-order valence-corrected chi connectivity index (χ3v) is 5.10. The Morgan fingerprint density at radius 1 is 1.24 bits per heavy atom. The fraction of sp³-hybridized carbons (Fsp3) is 0.526. The highest BCUT2D eigenvalue weighted by Gasteiger charge is 2.30. The molecule has 1 saturated carbocycles. The number of aryl methyl sites for hydroxylation is 1. The van der Waals surface area contributed by atoms with E-state index in [2.05, 4.69) is 20.4 Å². The van der Waals surface area contributed by atoms with Crippen molar-refractivity contribution in [1.82, 2.24) is 20.4 Å². The van der Waals surface area contributed by atoms with Crippen molar-refractivity contribution in [2.75, 3.05) is 13.1 Å². The van der Waals surface area contributed by atoms with Crippen LogP contribution in [-0.4, -0.2) is 40.1 Å². The lowest BCUT2D eigenvalue weighted by Gasteiger charge is -2.30. The molecule has 1 saturated heterocycles. The van der Waals surface area contributed by atoms with Crippen LogP contribution < -0.4 is 5.32 Å². The van der Waals surface area contributed by atoms with Crippen LogP contribution in [0.1, 0.15) is 37.1 Å². The first-order chi connectivity index (χ1) is 12.2. The Morgan fingerprint density at radius 3 is 2.72 bits per heavy atom. The van der Waals surface area contributed by atoms with Crippen LogP contribution in [0.15, 0.2) is 28.8 Å². The summed E-state index contributed by atoms with van der Waals surface area (Å²) in [5.74, 6) is 1.68. The van der Waals surface area contributed by atoms with Gasteiger partial charge in [0.2, 0.25) is 17.6 Å². The lowest BCUT2D eigenvalue weighted by Crippen LogP contribution is -2.40. The topological polar surface area (TPSA) is 71.3 Å². The van der Waals surface area contributed by atoms with Crippen molar-refractivity contribution >= 4 is 5.91 Å². The van der Waals surface area contributed by atoms with Gasteiger partial charge in [0.1, 0.15) is 0 Å². The number of aromatic nitrogens is 2. The summed E-state index contributed by atoms with van der Waals surface area (Å²) < 4.78 is 5.43. The molecule has 1 aliphatic heterocycles. The monoisotopic (exact) mass is 340 g/mol. The Labute approximate surface area is 147 Å². The maximum absolute atomic E-state index is 12.1. The summed E-state index contributed by atoms with van der Waals surface area (Å²) in [5, 5.41) is 7.24. The maximum Gasteiger partial charge on any atom is 0.241 e. The minimum atomic E-state index is 0.155. The number of nitrogens with one attached hydrogen (secondary N) is 1. The predicted molar refractivity (Wildman–Crippen MR) is 93.6 cm³/mol. The standard InChI is InChI=1S/C19H24N4O2/c1-13-4-2-3-5-16(13)18-21-17(25-22-18)12-23-10-8-14(9-11-23)19(24)20-15-6-7-15/h2-5,14-15H,6-12H2,1H3,(H,20,24). The summed E-state index contributed by atoms with van der Waals surface area (Å²) in [6, 6.07) is 8.49. The van der Waals surface area contributed by atoms with Crippen LogP contribution in [0.4, 0.5) is 0 Å². The van der Waals surface area contributed by atoms with Crippen molar-refractivity contribution < 1.29 is 9.32 Å². The van der Waals surface area contributed by atoms with Gasteiger partial charge < -0.3 is 9.84 Å². The van der Waals surface area contributed by atoms with Gasteiger partial charge in [-0.25, -0.2) is 0 Å². The van der Waals surface area contributed by atoms with Crippen molar-refractivity contribution in [2.24, 2.45) is 5.92 Å². The van der Waals surface area contributed by atoms with Crippen molar-refractivity contribution in [1.29, 1.82) is 0 Å². The Balaban J connectivity index is 1.31. The van der Waals surface area contributed by atoms with E-state index in [4.69, 9.17) is 4.52 Å². The molecule has 4 rings (SSSR count). The van der Waals surface area contributed by atoms with Crippen molar-refractivity contribution in [2.45, 2.75) is 45.2 Å². The van der Waals surface area contributed by atoms with Gasteiger partial charge in [-0.05, 0) is 51.3 Å². The summed E-state index contributed by atoms with van der Waals surface area (Å²) >= 11 is 0.